The monoisotopic (exact) mass is 566 g/mol. The summed E-state index contributed by atoms with van der Waals surface area (Å²) in [5.74, 6) is 2.79. The van der Waals surface area contributed by atoms with Gasteiger partial charge in [-0.2, -0.15) is 0 Å². The zero-order chi connectivity index (χ0) is 25.0. The average molecular weight is 568 g/mol. The molecule has 35 heavy (non-hydrogen) atoms. The molecule has 0 amide bonds. The van der Waals surface area contributed by atoms with Gasteiger partial charge in [-0.05, 0) is 64.5 Å². The third-order valence-corrected chi connectivity index (χ3v) is 8.57. The summed E-state index contributed by atoms with van der Waals surface area (Å²) >= 11 is 18.1. The highest BCUT2D eigenvalue weighted by molar-refractivity contribution is 8.00. The minimum atomic E-state index is 0.307. The molecule has 0 spiro atoms. The third-order valence-electron chi connectivity index (χ3n) is 6.82. The van der Waals surface area contributed by atoms with Crippen molar-refractivity contribution in [1.82, 2.24) is 0 Å². The van der Waals surface area contributed by atoms with Crippen LogP contribution in [0.4, 0.5) is 0 Å². The van der Waals surface area contributed by atoms with Crippen LogP contribution in [0.3, 0.4) is 0 Å². The van der Waals surface area contributed by atoms with Gasteiger partial charge >= 0.3 is 0 Å². The van der Waals surface area contributed by atoms with E-state index in [2.05, 4.69) is 88.6 Å². The third kappa shape index (κ3) is 8.71. The van der Waals surface area contributed by atoms with Crippen LogP contribution in [0.25, 0.3) is 0 Å². The molecule has 6 heteroatoms. The molecule has 0 N–H and O–H groups in total. The van der Waals surface area contributed by atoms with Crippen molar-refractivity contribution in [2.24, 2.45) is 0 Å². The van der Waals surface area contributed by atoms with Crippen molar-refractivity contribution < 1.29 is 4.52 Å². The van der Waals surface area contributed by atoms with Crippen LogP contribution in [0.2, 0.25) is 0 Å². The average Bonchev–Trinajstić information content (AvgIpc) is 2.93. The molecule has 0 bridgehead atoms. The first-order valence-electron chi connectivity index (χ1n) is 12.1. The summed E-state index contributed by atoms with van der Waals surface area (Å²) < 4.78 is 5.96. The summed E-state index contributed by atoms with van der Waals surface area (Å²) in [7, 11) is 3.10. The molecule has 188 valence electrons. The second-order valence-electron chi connectivity index (χ2n) is 9.02. The highest BCUT2D eigenvalue weighted by atomic mass is 35.5. The number of hydrogen-bond acceptors (Lipinski definition) is 1. The van der Waals surface area contributed by atoms with Crippen molar-refractivity contribution in [3.05, 3.63) is 106 Å². The fourth-order valence-electron chi connectivity index (χ4n) is 4.68. The lowest BCUT2D eigenvalue weighted by Crippen LogP contribution is -2.14. The Morgan fingerprint density at radius 3 is 1.37 bits per heavy atom. The lowest BCUT2D eigenvalue weighted by atomic mass is 9.78. The van der Waals surface area contributed by atoms with Crippen LogP contribution in [0, 0.1) is 0 Å². The normalized spacial score (nSPS) is 14.3. The van der Waals surface area contributed by atoms with Gasteiger partial charge < -0.3 is 4.52 Å². The van der Waals surface area contributed by atoms with Crippen LogP contribution < -0.4 is 0 Å². The van der Waals surface area contributed by atoms with E-state index in [-0.39, 0.29) is 0 Å². The van der Waals surface area contributed by atoms with Crippen molar-refractivity contribution in [3.8, 4) is 0 Å². The molecule has 0 aliphatic carbocycles. The van der Waals surface area contributed by atoms with Gasteiger partial charge in [-0.25, -0.2) is 0 Å². The molecule has 0 aromatic heterocycles. The molecule has 0 aliphatic heterocycles. The molecule has 1 nitrogen and oxygen atoms in total. The highest BCUT2D eigenvalue weighted by Gasteiger charge is 2.24. The van der Waals surface area contributed by atoms with Gasteiger partial charge in [0.2, 0.25) is 0 Å². The van der Waals surface area contributed by atoms with Gasteiger partial charge in [0.25, 0.3) is 0 Å². The van der Waals surface area contributed by atoms with Crippen LogP contribution in [-0.4, -0.2) is 6.61 Å². The number of alkyl halides is 3. The van der Waals surface area contributed by atoms with E-state index in [0.29, 0.717) is 50.5 Å². The fourth-order valence-corrected chi connectivity index (χ4v) is 5.80. The van der Waals surface area contributed by atoms with E-state index in [1.165, 1.54) is 16.7 Å². The van der Waals surface area contributed by atoms with E-state index in [4.69, 9.17) is 39.3 Å². The Labute approximate surface area is 230 Å². The topological polar surface area (TPSA) is 9.23 Å². The first kappa shape index (κ1) is 28.9. The van der Waals surface area contributed by atoms with E-state index in [0.717, 1.165) is 36.0 Å². The van der Waals surface area contributed by atoms with Crippen molar-refractivity contribution >= 4 is 52.2 Å². The van der Waals surface area contributed by atoms with Crippen LogP contribution in [0.15, 0.2) is 72.8 Å². The lowest BCUT2D eigenvalue weighted by molar-refractivity contribution is 0.307. The smallest absolute Gasteiger partial charge is 0.0578 e. The van der Waals surface area contributed by atoms with E-state index in [1.54, 1.807) is 0 Å². The van der Waals surface area contributed by atoms with Crippen molar-refractivity contribution in [2.75, 3.05) is 6.61 Å². The molecular weight excluding hydrogens is 533 g/mol. The standard InChI is InChI=1S/C29H35Cl3OP2/c1-2-24(25-9-3-21(17-30)4-10-25)15-28(26-11-5-22(18-31)6-12-26)16-29(20-33-35-34)27-13-7-23(19-32)8-14-27/h3-14,24,28-29,35H,2,15-20,34H2,1H3. The second-order valence-corrected chi connectivity index (χ2v) is 11.1. The predicted molar refractivity (Wildman–Crippen MR) is 160 cm³/mol. The summed E-state index contributed by atoms with van der Waals surface area (Å²) in [6, 6.07) is 26.4. The van der Waals surface area contributed by atoms with E-state index >= 15 is 0 Å². The highest BCUT2D eigenvalue weighted by Crippen LogP contribution is 2.40. The molecule has 0 heterocycles. The predicted octanol–water partition coefficient (Wildman–Crippen LogP) is 10.1. The van der Waals surface area contributed by atoms with Gasteiger partial charge in [0.1, 0.15) is 0 Å². The van der Waals surface area contributed by atoms with Gasteiger partial charge in [-0.1, -0.05) is 88.6 Å². The van der Waals surface area contributed by atoms with Crippen LogP contribution in [0.1, 0.15) is 77.3 Å². The summed E-state index contributed by atoms with van der Waals surface area (Å²) in [5, 5.41) is 0. The van der Waals surface area contributed by atoms with Crippen molar-refractivity contribution in [1.29, 1.82) is 0 Å². The molecule has 0 saturated heterocycles. The molecule has 5 unspecified atom stereocenters. The maximum atomic E-state index is 6.08. The second kappa shape index (κ2) is 15.6. The number of benzene rings is 3. The molecule has 0 aliphatic rings. The van der Waals surface area contributed by atoms with Crippen LogP contribution in [0.5, 0.6) is 0 Å². The molecule has 3 aromatic rings. The molecule has 0 fully saturated rings. The molecule has 3 aromatic carbocycles. The summed E-state index contributed by atoms with van der Waals surface area (Å²) in [5.41, 5.74) is 7.51. The zero-order valence-electron chi connectivity index (χ0n) is 20.2. The van der Waals surface area contributed by atoms with E-state index in [9.17, 15) is 0 Å². The fraction of sp³-hybridized carbons (Fsp3) is 0.379. The first-order chi connectivity index (χ1) is 17.1. The molecule has 3 rings (SSSR count). The molecule has 5 atom stereocenters. The maximum Gasteiger partial charge on any atom is 0.0578 e. The molecule has 0 radical (unpaired) electrons. The summed E-state index contributed by atoms with van der Waals surface area (Å²) in [6.45, 7) is 2.99. The first-order valence-corrected chi connectivity index (χ1v) is 16.5. The molecule has 0 saturated carbocycles. The Hall–Kier alpha value is -0.650. The maximum absolute atomic E-state index is 6.08. The van der Waals surface area contributed by atoms with Crippen molar-refractivity contribution in [3.63, 3.8) is 0 Å². The minimum Gasteiger partial charge on any atom is -0.358 e. The lowest BCUT2D eigenvalue weighted by Gasteiger charge is -2.28. The Kier molecular flexibility index (Phi) is 12.9. The quantitative estimate of drug-likeness (QED) is 0.139. The minimum absolute atomic E-state index is 0.307. The number of hydrogen-bond donors (Lipinski definition) is 0. The Morgan fingerprint density at radius 1 is 0.629 bits per heavy atom. The Balaban J connectivity index is 1.91. The van der Waals surface area contributed by atoms with Gasteiger partial charge in [0.15, 0.2) is 0 Å². The van der Waals surface area contributed by atoms with E-state index < -0.39 is 0 Å². The van der Waals surface area contributed by atoms with Gasteiger partial charge in [0.05, 0.1) is 6.61 Å². The zero-order valence-corrected chi connectivity index (χ0v) is 24.7. The van der Waals surface area contributed by atoms with Gasteiger partial charge in [-0.15, -0.1) is 34.8 Å². The number of rotatable bonds is 14. The van der Waals surface area contributed by atoms with Crippen molar-refractivity contribution in [2.45, 2.75) is 61.6 Å². The van der Waals surface area contributed by atoms with Gasteiger partial charge in [-0.3, -0.25) is 0 Å². The Morgan fingerprint density at radius 2 is 1.00 bits per heavy atom. The SMILES string of the molecule is CCC(CC(CC(COPP)c1ccc(CCl)cc1)c1ccc(CCl)cc1)c1ccc(CCl)cc1. The Bertz CT molecular complexity index is 994. The summed E-state index contributed by atoms with van der Waals surface area (Å²) in [6.07, 6.45) is 3.19. The van der Waals surface area contributed by atoms with Gasteiger partial charge in [0, 0.05) is 32.1 Å². The van der Waals surface area contributed by atoms with Crippen LogP contribution in [-0.2, 0) is 22.2 Å². The largest absolute Gasteiger partial charge is 0.358 e. The number of halogens is 3. The van der Waals surface area contributed by atoms with E-state index in [1.807, 2.05) is 0 Å². The van der Waals surface area contributed by atoms with Crippen LogP contribution >= 0.6 is 52.2 Å². The summed E-state index contributed by atoms with van der Waals surface area (Å²) in [4.78, 5) is 0. The molecular formula is C29H35Cl3OP2.